The molecule has 0 radical (unpaired) electrons. The number of aromatic nitrogens is 2. The lowest BCUT2D eigenvalue weighted by Crippen LogP contribution is -2.39. The highest BCUT2D eigenvalue weighted by molar-refractivity contribution is 7.20. The minimum absolute atomic E-state index is 0.319. The first kappa shape index (κ1) is 15.2. The van der Waals surface area contributed by atoms with Crippen molar-refractivity contribution in [3.8, 4) is 5.13 Å². The van der Waals surface area contributed by atoms with E-state index in [1.165, 1.54) is 18.4 Å². The van der Waals surface area contributed by atoms with Crippen LogP contribution in [-0.2, 0) is 9.53 Å². The first-order chi connectivity index (χ1) is 11.1. The van der Waals surface area contributed by atoms with Gasteiger partial charge in [0.05, 0.1) is 17.3 Å². The first-order valence-electron chi connectivity index (χ1n) is 7.01. The fourth-order valence-electron chi connectivity index (χ4n) is 2.14. The largest absolute Gasteiger partial charge is 0.467 e. The van der Waals surface area contributed by atoms with Gasteiger partial charge in [0.1, 0.15) is 6.04 Å². The molecule has 23 heavy (non-hydrogen) atoms. The highest BCUT2D eigenvalue weighted by Crippen LogP contribution is 2.26. The minimum Gasteiger partial charge on any atom is -0.467 e. The lowest BCUT2D eigenvalue weighted by Gasteiger charge is -2.11. The molecule has 0 saturated heterocycles. The van der Waals surface area contributed by atoms with E-state index in [-0.39, 0.29) is 5.91 Å². The number of benzene rings is 1. The minimum atomic E-state index is -0.694. The SMILES string of the molecule is COC(=O)[C@H](C)NC(=O)c1ccc2nc(-n3cccc3)sc2c1. The number of nitrogens with one attached hydrogen (secondary N) is 1. The molecule has 6 nitrogen and oxygen atoms in total. The van der Waals surface area contributed by atoms with E-state index in [9.17, 15) is 9.59 Å². The third-order valence-corrected chi connectivity index (χ3v) is 4.40. The molecule has 0 aliphatic heterocycles. The van der Waals surface area contributed by atoms with E-state index < -0.39 is 12.0 Å². The zero-order valence-corrected chi connectivity index (χ0v) is 13.5. The van der Waals surface area contributed by atoms with Crippen LogP contribution in [0.3, 0.4) is 0 Å². The van der Waals surface area contributed by atoms with Crippen molar-refractivity contribution in [2.45, 2.75) is 13.0 Å². The highest BCUT2D eigenvalue weighted by Gasteiger charge is 2.17. The van der Waals surface area contributed by atoms with Crippen LogP contribution >= 0.6 is 11.3 Å². The Morgan fingerprint density at radius 1 is 1.30 bits per heavy atom. The second-order valence-electron chi connectivity index (χ2n) is 4.99. The van der Waals surface area contributed by atoms with E-state index in [2.05, 4.69) is 15.0 Å². The molecule has 2 heterocycles. The zero-order chi connectivity index (χ0) is 16.4. The van der Waals surface area contributed by atoms with E-state index in [1.807, 2.05) is 29.1 Å². The fraction of sp³-hybridized carbons (Fsp3) is 0.188. The van der Waals surface area contributed by atoms with Crippen molar-refractivity contribution in [3.05, 3.63) is 48.3 Å². The van der Waals surface area contributed by atoms with Crippen LogP contribution in [0, 0.1) is 0 Å². The Balaban J connectivity index is 1.85. The first-order valence-corrected chi connectivity index (χ1v) is 7.83. The number of carbonyl (C=O) groups is 2. The lowest BCUT2D eigenvalue weighted by atomic mass is 10.2. The Morgan fingerprint density at radius 3 is 2.74 bits per heavy atom. The van der Waals surface area contributed by atoms with Crippen LogP contribution in [0.15, 0.2) is 42.7 Å². The maximum absolute atomic E-state index is 12.2. The number of methoxy groups -OCH3 is 1. The van der Waals surface area contributed by atoms with Crippen LogP contribution in [-0.4, -0.2) is 34.6 Å². The molecule has 1 amide bonds. The Labute approximate surface area is 136 Å². The monoisotopic (exact) mass is 329 g/mol. The summed E-state index contributed by atoms with van der Waals surface area (Å²) in [6.45, 7) is 1.58. The molecular weight excluding hydrogens is 314 g/mol. The normalized spacial score (nSPS) is 12.1. The van der Waals surface area contributed by atoms with Crippen molar-refractivity contribution in [2.75, 3.05) is 7.11 Å². The zero-order valence-electron chi connectivity index (χ0n) is 12.6. The lowest BCUT2D eigenvalue weighted by molar-refractivity contribution is -0.142. The molecule has 0 aliphatic carbocycles. The van der Waals surface area contributed by atoms with Crippen LogP contribution in [0.1, 0.15) is 17.3 Å². The smallest absolute Gasteiger partial charge is 0.328 e. The third-order valence-electron chi connectivity index (χ3n) is 3.37. The van der Waals surface area contributed by atoms with Gasteiger partial charge >= 0.3 is 5.97 Å². The summed E-state index contributed by atoms with van der Waals surface area (Å²) >= 11 is 1.50. The number of hydrogen-bond donors (Lipinski definition) is 1. The van der Waals surface area contributed by atoms with Crippen molar-refractivity contribution in [2.24, 2.45) is 0 Å². The van der Waals surface area contributed by atoms with E-state index in [1.54, 1.807) is 25.1 Å². The second-order valence-corrected chi connectivity index (χ2v) is 6.00. The second kappa shape index (κ2) is 6.21. The topological polar surface area (TPSA) is 73.2 Å². The maximum Gasteiger partial charge on any atom is 0.328 e. The Hall–Kier alpha value is -2.67. The van der Waals surface area contributed by atoms with E-state index in [0.717, 1.165) is 15.3 Å². The summed E-state index contributed by atoms with van der Waals surface area (Å²) in [5, 5.41) is 3.45. The van der Waals surface area contributed by atoms with Gasteiger partial charge in [0.25, 0.3) is 5.91 Å². The molecule has 0 fully saturated rings. The fourth-order valence-corrected chi connectivity index (χ4v) is 3.11. The average Bonchev–Trinajstić information content (AvgIpc) is 3.21. The quantitative estimate of drug-likeness (QED) is 0.746. The van der Waals surface area contributed by atoms with Crippen molar-refractivity contribution >= 4 is 33.4 Å². The molecule has 3 aromatic rings. The average molecular weight is 329 g/mol. The molecule has 1 aromatic carbocycles. The summed E-state index contributed by atoms with van der Waals surface area (Å²) in [6.07, 6.45) is 3.84. The molecule has 1 N–H and O–H groups in total. The molecule has 0 saturated carbocycles. The number of ether oxygens (including phenoxy) is 1. The van der Waals surface area contributed by atoms with Gasteiger partial charge in [0, 0.05) is 18.0 Å². The van der Waals surface area contributed by atoms with Crippen LogP contribution in [0.2, 0.25) is 0 Å². The Bertz CT molecular complexity index is 855. The Morgan fingerprint density at radius 2 is 2.04 bits per heavy atom. The van der Waals surface area contributed by atoms with Gasteiger partial charge in [0.2, 0.25) is 0 Å². The van der Waals surface area contributed by atoms with Crippen LogP contribution in [0.4, 0.5) is 0 Å². The predicted octanol–water partition coefficient (Wildman–Crippen LogP) is 2.38. The standard InChI is InChI=1S/C16H15N3O3S/c1-10(15(21)22-2)17-14(20)11-5-6-12-13(9-11)23-16(18-12)19-7-3-4-8-19/h3-10H,1-2H3,(H,17,20)/t10-/m0/s1. The van der Waals surface area contributed by atoms with Gasteiger partial charge in [-0.1, -0.05) is 11.3 Å². The molecule has 0 bridgehead atoms. The van der Waals surface area contributed by atoms with Crippen LogP contribution < -0.4 is 5.32 Å². The van der Waals surface area contributed by atoms with E-state index in [4.69, 9.17) is 0 Å². The predicted molar refractivity (Wildman–Crippen MR) is 87.9 cm³/mol. The molecule has 0 spiro atoms. The number of amides is 1. The number of thiazole rings is 1. The molecule has 7 heteroatoms. The summed E-state index contributed by atoms with van der Waals surface area (Å²) in [4.78, 5) is 28.1. The van der Waals surface area contributed by atoms with Crippen molar-refractivity contribution < 1.29 is 14.3 Å². The van der Waals surface area contributed by atoms with E-state index in [0.29, 0.717) is 5.56 Å². The van der Waals surface area contributed by atoms with Crippen LogP contribution in [0.5, 0.6) is 0 Å². The maximum atomic E-state index is 12.2. The van der Waals surface area contributed by atoms with Gasteiger partial charge in [-0.25, -0.2) is 9.78 Å². The van der Waals surface area contributed by atoms with Gasteiger partial charge in [0.15, 0.2) is 5.13 Å². The van der Waals surface area contributed by atoms with Gasteiger partial charge in [-0.2, -0.15) is 0 Å². The Kier molecular flexibility index (Phi) is 4.12. The van der Waals surface area contributed by atoms with Gasteiger partial charge in [-0.05, 0) is 37.3 Å². The molecule has 0 unspecified atom stereocenters. The van der Waals surface area contributed by atoms with Crippen molar-refractivity contribution in [1.82, 2.24) is 14.9 Å². The summed E-state index contributed by atoms with van der Waals surface area (Å²) in [6, 6.07) is 8.44. The molecule has 118 valence electrons. The van der Waals surface area contributed by atoms with Gasteiger partial charge in [-0.3, -0.25) is 4.79 Å². The summed E-state index contributed by atoms with van der Waals surface area (Å²) in [7, 11) is 1.29. The molecule has 2 aromatic heterocycles. The third kappa shape index (κ3) is 3.09. The number of hydrogen-bond acceptors (Lipinski definition) is 5. The summed E-state index contributed by atoms with van der Waals surface area (Å²) in [5.74, 6) is -0.798. The molecule has 3 rings (SSSR count). The summed E-state index contributed by atoms with van der Waals surface area (Å²) in [5.41, 5.74) is 1.31. The number of carbonyl (C=O) groups excluding carboxylic acids is 2. The van der Waals surface area contributed by atoms with Crippen molar-refractivity contribution in [1.29, 1.82) is 0 Å². The number of nitrogens with zero attached hydrogens (tertiary/aromatic N) is 2. The molecule has 1 atom stereocenters. The van der Waals surface area contributed by atoms with Crippen LogP contribution in [0.25, 0.3) is 15.3 Å². The molecule has 0 aliphatic rings. The van der Waals surface area contributed by atoms with Crippen molar-refractivity contribution in [3.63, 3.8) is 0 Å². The van der Waals surface area contributed by atoms with Gasteiger partial charge in [-0.15, -0.1) is 0 Å². The number of fused-ring (bicyclic) bond motifs is 1. The van der Waals surface area contributed by atoms with Gasteiger partial charge < -0.3 is 14.6 Å². The summed E-state index contributed by atoms with van der Waals surface area (Å²) < 4.78 is 7.43. The number of rotatable bonds is 4. The molecular formula is C16H15N3O3S. The highest BCUT2D eigenvalue weighted by atomic mass is 32.1. The van der Waals surface area contributed by atoms with E-state index >= 15 is 0 Å². The number of esters is 1.